The van der Waals surface area contributed by atoms with Gasteiger partial charge >= 0.3 is 5.97 Å². The highest BCUT2D eigenvalue weighted by Crippen LogP contribution is 2.32. The van der Waals surface area contributed by atoms with Gasteiger partial charge in [0.1, 0.15) is 0 Å². The summed E-state index contributed by atoms with van der Waals surface area (Å²) in [5.41, 5.74) is 2.06. The number of carbonyl (C=O) groups excluding carboxylic acids is 1. The lowest BCUT2D eigenvalue weighted by Crippen LogP contribution is -2.14. The maximum absolute atomic E-state index is 12.0. The van der Waals surface area contributed by atoms with E-state index < -0.39 is 12.1 Å². The predicted molar refractivity (Wildman–Crippen MR) is 103 cm³/mol. The topological polar surface area (TPSA) is 118 Å². The lowest BCUT2D eigenvalue weighted by molar-refractivity contribution is -0.155. The van der Waals surface area contributed by atoms with Gasteiger partial charge in [0.2, 0.25) is 19.2 Å². The van der Waals surface area contributed by atoms with E-state index in [0.29, 0.717) is 28.6 Å². The summed E-state index contributed by atoms with van der Waals surface area (Å²) in [7, 11) is 0. The third-order valence-electron chi connectivity index (χ3n) is 4.19. The molecular formula is C20H18N4O6. The summed E-state index contributed by atoms with van der Waals surface area (Å²) in [6.45, 7) is 3.21. The molecule has 0 fully saturated rings. The normalized spacial score (nSPS) is 13.7. The summed E-state index contributed by atoms with van der Waals surface area (Å²) in [6, 6.07) is 8.97. The van der Waals surface area contributed by atoms with Crippen LogP contribution < -0.4 is 9.47 Å². The first-order chi connectivity index (χ1) is 14.6. The summed E-state index contributed by atoms with van der Waals surface area (Å²) in [4.78, 5) is 25.4. The van der Waals surface area contributed by atoms with Crippen LogP contribution >= 0.6 is 0 Å². The zero-order chi connectivity index (χ0) is 20.9. The van der Waals surface area contributed by atoms with Gasteiger partial charge in [-0.3, -0.25) is 4.98 Å². The maximum atomic E-state index is 12.0. The molecule has 0 radical (unpaired) electrons. The van der Waals surface area contributed by atoms with Crippen molar-refractivity contribution in [1.82, 2.24) is 15.1 Å². The Bertz CT molecular complexity index is 1070. The lowest BCUT2D eigenvalue weighted by atomic mass is 10.1. The fraction of sp³-hybridized carbons (Fsp3) is 0.250. The molecule has 154 valence electrons. The van der Waals surface area contributed by atoms with Gasteiger partial charge in [0.05, 0.1) is 5.71 Å². The number of hydrogen-bond donors (Lipinski definition) is 0. The van der Waals surface area contributed by atoms with Gasteiger partial charge in [0.25, 0.3) is 5.89 Å². The minimum absolute atomic E-state index is 0.169. The van der Waals surface area contributed by atoms with Crippen LogP contribution in [0.1, 0.15) is 31.4 Å². The van der Waals surface area contributed by atoms with Crippen LogP contribution in [0.2, 0.25) is 0 Å². The Hall–Kier alpha value is -3.95. The molecule has 1 aromatic carbocycles. The predicted octanol–water partition coefficient (Wildman–Crippen LogP) is 2.91. The van der Waals surface area contributed by atoms with Gasteiger partial charge in [0.15, 0.2) is 17.6 Å². The Morgan fingerprint density at radius 2 is 2.13 bits per heavy atom. The van der Waals surface area contributed by atoms with Crippen LogP contribution in [-0.2, 0) is 14.4 Å². The molecular weight excluding hydrogens is 392 g/mol. The molecule has 2 aromatic heterocycles. The number of oxime groups is 1. The highest BCUT2D eigenvalue weighted by Gasteiger charge is 2.20. The summed E-state index contributed by atoms with van der Waals surface area (Å²) < 4.78 is 21.0. The molecule has 0 saturated carbocycles. The maximum Gasteiger partial charge on any atom is 0.347 e. The Morgan fingerprint density at radius 3 is 2.97 bits per heavy atom. The van der Waals surface area contributed by atoms with E-state index in [2.05, 4.69) is 20.3 Å². The number of fused-ring (bicyclic) bond motifs is 1. The number of aromatic nitrogens is 3. The summed E-state index contributed by atoms with van der Waals surface area (Å²) in [5, 5.41) is 7.81. The third kappa shape index (κ3) is 4.37. The van der Waals surface area contributed by atoms with Crippen LogP contribution in [0, 0.1) is 0 Å². The van der Waals surface area contributed by atoms with Crippen LogP contribution in [0.3, 0.4) is 0 Å². The highest BCUT2D eigenvalue weighted by atomic mass is 16.7. The summed E-state index contributed by atoms with van der Waals surface area (Å²) >= 11 is 0. The number of ether oxygens (including phenoxy) is 3. The lowest BCUT2D eigenvalue weighted by Gasteiger charge is -2.08. The average Bonchev–Trinajstić information content (AvgIpc) is 3.43. The van der Waals surface area contributed by atoms with Gasteiger partial charge in [-0.2, -0.15) is 4.98 Å². The van der Waals surface area contributed by atoms with Crippen molar-refractivity contribution < 1.29 is 28.4 Å². The number of hydrogen-bond acceptors (Lipinski definition) is 10. The molecule has 4 rings (SSSR count). The Labute approximate surface area is 171 Å². The van der Waals surface area contributed by atoms with E-state index in [1.54, 1.807) is 50.5 Å². The molecule has 1 aliphatic rings. The smallest absolute Gasteiger partial charge is 0.347 e. The van der Waals surface area contributed by atoms with E-state index in [-0.39, 0.29) is 19.3 Å². The van der Waals surface area contributed by atoms with Crippen LogP contribution in [-0.4, -0.2) is 40.2 Å². The summed E-state index contributed by atoms with van der Waals surface area (Å²) in [6.07, 6.45) is 2.52. The number of pyridine rings is 1. The molecule has 0 N–H and O–H groups in total. The van der Waals surface area contributed by atoms with Crippen LogP contribution in [0.25, 0.3) is 11.4 Å². The molecule has 0 bridgehead atoms. The molecule has 10 nitrogen and oxygen atoms in total. The first kappa shape index (κ1) is 19.4. The first-order valence-corrected chi connectivity index (χ1v) is 9.10. The van der Waals surface area contributed by atoms with E-state index in [0.717, 1.165) is 5.56 Å². The quantitative estimate of drug-likeness (QED) is 0.329. The molecule has 0 spiro atoms. The van der Waals surface area contributed by atoms with Gasteiger partial charge in [-0.25, -0.2) is 4.79 Å². The monoisotopic (exact) mass is 410 g/mol. The number of rotatable bonds is 7. The van der Waals surface area contributed by atoms with E-state index >= 15 is 0 Å². The second kappa shape index (κ2) is 8.60. The largest absolute Gasteiger partial charge is 0.454 e. The summed E-state index contributed by atoms with van der Waals surface area (Å²) in [5.74, 6) is 1.23. The van der Waals surface area contributed by atoms with Crippen molar-refractivity contribution in [3.8, 4) is 22.9 Å². The molecule has 1 atom stereocenters. The SMILES string of the molecule is C/C(=N/OCC(=O)OC(C)c1nc(-c2cccnc2)no1)c1ccc2c(c1)OCO2. The molecule has 0 aliphatic carbocycles. The standard InChI is InChI=1S/C20H18N4O6/c1-12(14-5-6-16-17(8-14)27-11-26-16)23-28-10-18(25)29-13(2)20-22-19(24-30-20)15-4-3-7-21-9-15/h3-9,13H,10-11H2,1-2H3/b23-12-. The van der Waals surface area contributed by atoms with Crippen molar-refractivity contribution in [2.24, 2.45) is 5.16 Å². The van der Waals surface area contributed by atoms with Crippen molar-refractivity contribution in [1.29, 1.82) is 0 Å². The zero-order valence-corrected chi connectivity index (χ0v) is 16.3. The molecule has 30 heavy (non-hydrogen) atoms. The van der Waals surface area contributed by atoms with Gasteiger partial charge < -0.3 is 23.6 Å². The van der Waals surface area contributed by atoms with Gasteiger partial charge in [-0.15, -0.1) is 0 Å². The number of benzene rings is 1. The number of esters is 1. The highest BCUT2D eigenvalue weighted by molar-refractivity contribution is 5.99. The number of carbonyl (C=O) groups is 1. The van der Waals surface area contributed by atoms with Crippen molar-refractivity contribution >= 4 is 11.7 Å². The van der Waals surface area contributed by atoms with E-state index in [9.17, 15) is 4.79 Å². The van der Waals surface area contributed by atoms with E-state index in [4.69, 9.17) is 23.6 Å². The van der Waals surface area contributed by atoms with Crippen molar-refractivity contribution in [3.05, 3.63) is 54.2 Å². The molecule has 1 unspecified atom stereocenters. The fourth-order valence-corrected chi connectivity index (χ4v) is 2.65. The van der Waals surface area contributed by atoms with Crippen LogP contribution in [0.4, 0.5) is 0 Å². The van der Waals surface area contributed by atoms with Crippen LogP contribution in [0.15, 0.2) is 52.4 Å². The number of nitrogens with zero attached hydrogens (tertiary/aromatic N) is 4. The van der Waals surface area contributed by atoms with Crippen LogP contribution in [0.5, 0.6) is 11.5 Å². The minimum atomic E-state index is -0.738. The molecule has 10 heteroatoms. The minimum Gasteiger partial charge on any atom is -0.454 e. The molecule has 3 heterocycles. The first-order valence-electron chi connectivity index (χ1n) is 9.10. The van der Waals surface area contributed by atoms with Gasteiger partial charge in [0, 0.05) is 23.5 Å². The second-order valence-electron chi connectivity index (χ2n) is 6.35. The average molecular weight is 410 g/mol. The molecule has 0 amide bonds. The molecule has 3 aromatic rings. The molecule has 0 saturated heterocycles. The van der Waals surface area contributed by atoms with Crippen molar-refractivity contribution in [2.75, 3.05) is 13.4 Å². The zero-order valence-electron chi connectivity index (χ0n) is 16.3. The second-order valence-corrected chi connectivity index (χ2v) is 6.35. The third-order valence-corrected chi connectivity index (χ3v) is 4.19. The Kier molecular flexibility index (Phi) is 5.55. The van der Waals surface area contributed by atoms with E-state index in [1.165, 1.54) is 0 Å². The molecule has 1 aliphatic heterocycles. The van der Waals surface area contributed by atoms with Gasteiger partial charge in [-0.05, 0) is 44.2 Å². The Morgan fingerprint density at radius 1 is 1.27 bits per heavy atom. The van der Waals surface area contributed by atoms with Crippen molar-refractivity contribution in [3.63, 3.8) is 0 Å². The fourth-order valence-electron chi connectivity index (χ4n) is 2.65. The van der Waals surface area contributed by atoms with E-state index in [1.807, 2.05) is 6.07 Å². The van der Waals surface area contributed by atoms with Gasteiger partial charge in [-0.1, -0.05) is 10.3 Å². The Balaban J connectivity index is 1.29. The van der Waals surface area contributed by atoms with Crippen molar-refractivity contribution in [2.45, 2.75) is 20.0 Å².